The summed E-state index contributed by atoms with van der Waals surface area (Å²) < 4.78 is 10.9. The molecule has 0 spiro atoms. The Labute approximate surface area is 206 Å². The SMILES string of the molecule is CCNC(=O)C(Cc1ccccc1)N(Cc1ccccc1C)C(=O)CCc1ccc2c(c1)OCO2. The van der Waals surface area contributed by atoms with E-state index in [2.05, 4.69) is 5.32 Å². The Bertz CT molecular complexity index is 1160. The highest BCUT2D eigenvalue weighted by Crippen LogP contribution is 2.33. The number of amides is 2. The second-order valence-electron chi connectivity index (χ2n) is 8.74. The fourth-order valence-corrected chi connectivity index (χ4v) is 4.31. The van der Waals surface area contributed by atoms with Gasteiger partial charge in [-0.25, -0.2) is 0 Å². The molecule has 0 fully saturated rings. The molecular formula is C29H32N2O4. The van der Waals surface area contributed by atoms with E-state index >= 15 is 0 Å². The number of nitrogens with one attached hydrogen (secondary N) is 1. The Hall–Kier alpha value is -3.80. The molecule has 0 saturated carbocycles. The predicted octanol–water partition coefficient (Wildman–Crippen LogP) is 4.43. The molecule has 6 nitrogen and oxygen atoms in total. The van der Waals surface area contributed by atoms with Crippen LogP contribution < -0.4 is 14.8 Å². The van der Waals surface area contributed by atoms with Crippen LogP contribution in [0.1, 0.15) is 35.6 Å². The number of hydrogen-bond donors (Lipinski definition) is 1. The standard InChI is InChI=1S/C29H32N2O4/c1-3-30-29(33)25(17-22-10-5-4-6-11-22)31(19-24-12-8-7-9-21(24)2)28(32)16-14-23-13-15-26-27(18-23)35-20-34-26/h4-13,15,18,25H,3,14,16-17,19-20H2,1-2H3,(H,30,33). The molecule has 1 aliphatic heterocycles. The van der Waals surface area contributed by atoms with Crippen molar-refractivity contribution >= 4 is 11.8 Å². The summed E-state index contributed by atoms with van der Waals surface area (Å²) in [4.78, 5) is 28.7. The summed E-state index contributed by atoms with van der Waals surface area (Å²) in [6.45, 7) is 5.03. The monoisotopic (exact) mass is 472 g/mol. The van der Waals surface area contributed by atoms with Crippen LogP contribution in [0, 0.1) is 6.92 Å². The first kappa shape index (κ1) is 24.3. The number of benzene rings is 3. The number of nitrogens with zero attached hydrogens (tertiary/aromatic N) is 1. The normalized spacial score (nSPS) is 12.7. The maximum atomic E-state index is 13.7. The molecule has 3 aromatic rings. The largest absolute Gasteiger partial charge is 0.454 e. The molecule has 0 aromatic heterocycles. The maximum absolute atomic E-state index is 13.7. The average molecular weight is 473 g/mol. The zero-order valence-electron chi connectivity index (χ0n) is 20.3. The van der Waals surface area contributed by atoms with Gasteiger partial charge in [-0.2, -0.15) is 0 Å². The third kappa shape index (κ3) is 6.21. The number of rotatable bonds is 10. The number of aryl methyl sites for hydroxylation is 2. The van der Waals surface area contributed by atoms with E-state index in [4.69, 9.17) is 9.47 Å². The zero-order chi connectivity index (χ0) is 24.6. The molecule has 1 N–H and O–H groups in total. The second kappa shape index (κ2) is 11.6. The van der Waals surface area contributed by atoms with Crippen molar-refractivity contribution in [1.29, 1.82) is 0 Å². The molecule has 1 unspecified atom stereocenters. The third-order valence-electron chi connectivity index (χ3n) is 6.29. The molecule has 0 aliphatic carbocycles. The summed E-state index contributed by atoms with van der Waals surface area (Å²) in [5.41, 5.74) is 4.14. The lowest BCUT2D eigenvalue weighted by Crippen LogP contribution is -2.50. The highest BCUT2D eigenvalue weighted by Gasteiger charge is 2.30. The van der Waals surface area contributed by atoms with Crippen molar-refractivity contribution in [3.63, 3.8) is 0 Å². The van der Waals surface area contributed by atoms with Crippen molar-refractivity contribution in [3.8, 4) is 11.5 Å². The summed E-state index contributed by atoms with van der Waals surface area (Å²) in [6.07, 6.45) is 1.29. The molecule has 6 heteroatoms. The summed E-state index contributed by atoms with van der Waals surface area (Å²) in [5.74, 6) is 1.23. The number of carbonyl (C=O) groups is 2. The van der Waals surface area contributed by atoms with Crippen LogP contribution in [0.3, 0.4) is 0 Å². The Morgan fingerprint density at radius 2 is 1.69 bits per heavy atom. The lowest BCUT2D eigenvalue weighted by molar-refractivity contribution is -0.141. The van der Waals surface area contributed by atoms with Gasteiger partial charge in [-0.05, 0) is 54.7 Å². The minimum atomic E-state index is -0.610. The van der Waals surface area contributed by atoms with Crippen molar-refractivity contribution in [1.82, 2.24) is 10.2 Å². The minimum Gasteiger partial charge on any atom is -0.454 e. The highest BCUT2D eigenvalue weighted by atomic mass is 16.7. The van der Waals surface area contributed by atoms with Crippen LogP contribution in [0.15, 0.2) is 72.8 Å². The molecule has 1 atom stereocenters. The van der Waals surface area contributed by atoms with E-state index in [-0.39, 0.29) is 25.0 Å². The zero-order valence-corrected chi connectivity index (χ0v) is 20.3. The molecule has 35 heavy (non-hydrogen) atoms. The minimum absolute atomic E-state index is 0.0573. The van der Waals surface area contributed by atoms with Crippen molar-refractivity contribution in [3.05, 3.63) is 95.1 Å². The van der Waals surface area contributed by atoms with Gasteiger partial charge in [0.2, 0.25) is 18.6 Å². The Kier molecular flexibility index (Phi) is 8.03. The molecule has 1 heterocycles. The third-order valence-corrected chi connectivity index (χ3v) is 6.29. The van der Waals surface area contributed by atoms with Gasteiger partial charge in [0.1, 0.15) is 6.04 Å². The smallest absolute Gasteiger partial charge is 0.243 e. The number of hydrogen-bond acceptors (Lipinski definition) is 4. The van der Waals surface area contributed by atoms with Crippen molar-refractivity contribution < 1.29 is 19.1 Å². The first-order valence-electron chi connectivity index (χ1n) is 12.1. The Morgan fingerprint density at radius 3 is 2.46 bits per heavy atom. The van der Waals surface area contributed by atoms with Crippen LogP contribution in [0.5, 0.6) is 11.5 Å². The summed E-state index contributed by atoms with van der Waals surface area (Å²) in [5, 5.41) is 2.94. The molecule has 182 valence electrons. The fourth-order valence-electron chi connectivity index (χ4n) is 4.31. The topological polar surface area (TPSA) is 67.9 Å². The van der Waals surface area contributed by atoms with Crippen molar-refractivity contribution in [2.75, 3.05) is 13.3 Å². The van der Waals surface area contributed by atoms with Gasteiger partial charge in [0, 0.05) is 25.9 Å². The van der Waals surface area contributed by atoms with Gasteiger partial charge >= 0.3 is 0 Å². The molecule has 4 rings (SSSR count). The van der Waals surface area contributed by atoms with E-state index < -0.39 is 6.04 Å². The maximum Gasteiger partial charge on any atom is 0.243 e. The van der Waals surface area contributed by atoms with Crippen LogP contribution in [-0.4, -0.2) is 36.1 Å². The van der Waals surface area contributed by atoms with E-state index in [0.717, 1.165) is 28.0 Å². The van der Waals surface area contributed by atoms with E-state index in [0.29, 0.717) is 31.7 Å². The summed E-state index contributed by atoms with van der Waals surface area (Å²) in [6, 6.07) is 23.0. The lowest BCUT2D eigenvalue weighted by Gasteiger charge is -2.32. The summed E-state index contributed by atoms with van der Waals surface area (Å²) in [7, 11) is 0. The van der Waals surface area contributed by atoms with E-state index in [9.17, 15) is 9.59 Å². The first-order valence-corrected chi connectivity index (χ1v) is 12.1. The number of ether oxygens (including phenoxy) is 2. The number of carbonyl (C=O) groups excluding carboxylic acids is 2. The average Bonchev–Trinajstić information content (AvgIpc) is 3.34. The predicted molar refractivity (Wildman–Crippen MR) is 135 cm³/mol. The second-order valence-corrected chi connectivity index (χ2v) is 8.74. The quantitative estimate of drug-likeness (QED) is 0.474. The molecule has 1 aliphatic rings. The number of likely N-dealkylation sites (N-methyl/N-ethyl adjacent to an activating group) is 1. The van der Waals surface area contributed by atoms with Crippen LogP contribution in [-0.2, 0) is 29.0 Å². The van der Waals surface area contributed by atoms with E-state index in [1.54, 1.807) is 4.90 Å². The molecule has 0 bridgehead atoms. The highest BCUT2D eigenvalue weighted by molar-refractivity contribution is 5.88. The van der Waals surface area contributed by atoms with E-state index in [1.165, 1.54) is 0 Å². The molecule has 2 amide bonds. The lowest BCUT2D eigenvalue weighted by atomic mass is 10.0. The van der Waals surface area contributed by atoms with Crippen LogP contribution in [0.4, 0.5) is 0 Å². The van der Waals surface area contributed by atoms with Gasteiger partial charge in [0.25, 0.3) is 0 Å². The molecule has 0 radical (unpaired) electrons. The van der Waals surface area contributed by atoms with Crippen LogP contribution >= 0.6 is 0 Å². The molecular weight excluding hydrogens is 440 g/mol. The van der Waals surface area contributed by atoms with Crippen LogP contribution in [0.25, 0.3) is 0 Å². The van der Waals surface area contributed by atoms with Gasteiger partial charge in [0.05, 0.1) is 0 Å². The van der Waals surface area contributed by atoms with Crippen molar-refractivity contribution in [2.24, 2.45) is 0 Å². The number of fused-ring (bicyclic) bond motifs is 1. The Balaban J connectivity index is 1.59. The van der Waals surface area contributed by atoms with Crippen molar-refractivity contribution in [2.45, 2.75) is 45.7 Å². The van der Waals surface area contributed by atoms with Gasteiger partial charge in [-0.3, -0.25) is 9.59 Å². The molecule has 0 saturated heterocycles. The summed E-state index contributed by atoms with van der Waals surface area (Å²) >= 11 is 0. The van der Waals surface area contributed by atoms with Gasteiger partial charge in [0.15, 0.2) is 11.5 Å². The first-order chi connectivity index (χ1) is 17.0. The molecule has 3 aromatic carbocycles. The fraction of sp³-hybridized carbons (Fsp3) is 0.310. The van der Waals surface area contributed by atoms with Gasteiger partial charge < -0.3 is 19.7 Å². The van der Waals surface area contributed by atoms with Crippen LogP contribution in [0.2, 0.25) is 0 Å². The Morgan fingerprint density at radius 1 is 0.943 bits per heavy atom. The van der Waals surface area contributed by atoms with Gasteiger partial charge in [-0.15, -0.1) is 0 Å². The van der Waals surface area contributed by atoms with Gasteiger partial charge in [-0.1, -0.05) is 60.7 Å². The van der Waals surface area contributed by atoms with E-state index in [1.807, 2.05) is 86.6 Å².